The number of aryl methyl sites for hydroxylation is 1. The molecule has 0 unspecified atom stereocenters. The maximum absolute atomic E-state index is 11.8. The topological polar surface area (TPSA) is 79.3 Å². The maximum Gasteiger partial charge on any atom is 0.348 e. The van der Waals surface area contributed by atoms with Crippen LogP contribution in [0.2, 0.25) is 0 Å². The summed E-state index contributed by atoms with van der Waals surface area (Å²) in [6, 6.07) is 7.45. The second kappa shape index (κ2) is 6.70. The molecule has 5 nitrogen and oxygen atoms in total. The van der Waals surface area contributed by atoms with Crippen LogP contribution in [-0.2, 0) is 4.79 Å². The number of carboxylic acids is 1. The summed E-state index contributed by atoms with van der Waals surface area (Å²) in [5, 5.41) is 12.4. The van der Waals surface area contributed by atoms with E-state index in [-0.39, 0.29) is 16.7 Å². The molecule has 0 saturated carbocycles. The van der Waals surface area contributed by atoms with E-state index in [4.69, 9.17) is 0 Å². The standard InChI is InChI=1S/C16H18N2O3S/c1-9(2)8-12(19)17-16-18-13(14(22-16)15(20)21)11-7-5-4-6-10(11)3/h4-7,9H,8H2,1-3H3,(H,20,21)(H,17,18,19). The van der Waals surface area contributed by atoms with Crippen molar-refractivity contribution in [2.45, 2.75) is 27.2 Å². The highest BCUT2D eigenvalue weighted by molar-refractivity contribution is 7.18. The fourth-order valence-corrected chi connectivity index (χ4v) is 2.92. The summed E-state index contributed by atoms with van der Waals surface area (Å²) in [6.45, 7) is 5.79. The van der Waals surface area contributed by atoms with Crippen LogP contribution in [0.25, 0.3) is 11.3 Å². The number of aromatic carboxylic acids is 1. The monoisotopic (exact) mass is 318 g/mol. The maximum atomic E-state index is 11.8. The number of aromatic nitrogens is 1. The van der Waals surface area contributed by atoms with Gasteiger partial charge in [-0.3, -0.25) is 4.79 Å². The van der Waals surface area contributed by atoms with Gasteiger partial charge < -0.3 is 10.4 Å². The minimum absolute atomic E-state index is 0.133. The Morgan fingerprint density at radius 2 is 2.00 bits per heavy atom. The molecule has 0 fully saturated rings. The number of carboxylic acid groups (broad SMARTS) is 1. The quantitative estimate of drug-likeness (QED) is 0.878. The molecule has 1 aromatic carbocycles. The smallest absolute Gasteiger partial charge is 0.348 e. The van der Waals surface area contributed by atoms with Gasteiger partial charge in [0.1, 0.15) is 4.88 Å². The summed E-state index contributed by atoms with van der Waals surface area (Å²) < 4.78 is 0. The summed E-state index contributed by atoms with van der Waals surface area (Å²) in [6.07, 6.45) is 0.377. The highest BCUT2D eigenvalue weighted by Gasteiger charge is 2.21. The second-order valence-electron chi connectivity index (χ2n) is 5.46. The largest absolute Gasteiger partial charge is 0.477 e. The van der Waals surface area contributed by atoms with E-state index in [1.54, 1.807) is 0 Å². The van der Waals surface area contributed by atoms with Gasteiger partial charge in [0.15, 0.2) is 5.13 Å². The lowest BCUT2D eigenvalue weighted by molar-refractivity contribution is -0.116. The average molecular weight is 318 g/mol. The Hall–Kier alpha value is -2.21. The summed E-state index contributed by atoms with van der Waals surface area (Å²) in [7, 11) is 0. The van der Waals surface area contributed by atoms with Crippen LogP contribution in [-0.4, -0.2) is 22.0 Å². The van der Waals surface area contributed by atoms with E-state index >= 15 is 0 Å². The molecule has 1 heterocycles. The van der Waals surface area contributed by atoms with Crippen molar-refractivity contribution in [1.82, 2.24) is 4.98 Å². The molecule has 0 atom stereocenters. The van der Waals surface area contributed by atoms with Crippen molar-refractivity contribution in [2.24, 2.45) is 5.92 Å². The van der Waals surface area contributed by atoms with E-state index in [0.29, 0.717) is 17.2 Å². The third-order valence-electron chi connectivity index (χ3n) is 3.06. The van der Waals surface area contributed by atoms with Gasteiger partial charge in [0.2, 0.25) is 5.91 Å². The molecule has 2 aromatic rings. The van der Waals surface area contributed by atoms with Crippen LogP contribution in [0.4, 0.5) is 5.13 Å². The number of carbonyl (C=O) groups excluding carboxylic acids is 1. The van der Waals surface area contributed by atoms with Crippen LogP contribution in [0, 0.1) is 12.8 Å². The minimum atomic E-state index is -1.04. The zero-order chi connectivity index (χ0) is 16.3. The van der Waals surface area contributed by atoms with Crippen LogP contribution < -0.4 is 5.32 Å². The molecule has 22 heavy (non-hydrogen) atoms. The Morgan fingerprint density at radius 3 is 2.59 bits per heavy atom. The molecule has 2 N–H and O–H groups in total. The second-order valence-corrected chi connectivity index (χ2v) is 6.46. The number of nitrogens with zero attached hydrogens (tertiary/aromatic N) is 1. The fraction of sp³-hybridized carbons (Fsp3) is 0.312. The Bertz CT molecular complexity index is 707. The zero-order valence-electron chi connectivity index (χ0n) is 12.7. The number of carbonyl (C=O) groups is 2. The van der Waals surface area contributed by atoms with E-state index < -0.39 is 5.97 Å². The Labute approximate surface area is 133 Å². The van der Waals surface area contributed by atoms with Gasteiger partial charge in [-0.15, -0.1) is 0 Å². The van der Waals surface area contributed by atoms with Gasteiger partial charge in [0.05, 0.1) is 5.69 Å². The van der Waals surface area contributed by atoms with Gasteiger partial charge in [-0.2, -0.15) is 0 Å². The third kappa shape index (κ3) is 3.71. The van der Waals surface area contributed by atoms with Gasteiger partial charge >= 0.3 is 5.97 Å². The normalized spacial score (nSPS) is 10.7. The third-order valence-corrected chi connectivity index (χ3v) is 4.02. The van der Waals surface area contributed by atoms with Crippen molar-refractivity contribution >= 4 is 28.3 Å². The van der Waals surface area contributed by atoms with Crippen molar-refractivity contribution in [2.75, 3.05) is 5.32 Å². The molecule has 1 amide bonds. The van der Waals surface area contributed by atoms with Gasteiger partial charge in [0, 0.05) is 12.0 Å². The highest BCUT2D eigenvalue weighted by atomic mass is 32.1. The van der Waals surface area contributed by atoms with Gasteiger partial charge in [0.25, 0.3) is 0 Å². The summed E-state index contributed by atoms with van der Waals surface area (Å²) in [4.78, 5) is 27.7. The van der Waals surface area contributed by atoms with Crippen molar-refractivity contribution in [3.05, 3.63) is 34.7 Å². The molecule has 0 aliphatic heterocycles. The summed E-state index contributed by atoms with van der Waals surface area (Å²) >= 11 is 0.984. The molecular formula is C16H18N2O3S. The fourth-order valence-electron chi connectivity index (χ4n) is 2.08. The number of anilines is 1. The van der Waals surface area contributed by atoms with Crippen LogP contribution in [0.1, 0.15) is 35.5 Å². The summed E-state index contributed by atoms with van der Waals surface area (Å²) in [5.74, 6) is -0.966. The first kappa shape index (κ1) is 16.2. The van der Waals surface area contributed by atoms with Gasteiger partial charge in [-0.1, -0.05) is 49.4 Å². The number of benzene rings is 1. The predicted octanol–water partition coefficient (Wildman–Crippen LogP) is 3.80. The lowest BCUT2D eigenvalue weighted by Gasteiger charge is -2.04. The van der Waals surface area contributed by atoms with E-state index in [0.717, 1.165) is 22.5 Å². The number of hydrogen-bond acceptors (Lipinski definition) is 4. The van der Waals surface area contributed by atoms with E-state index in [1.165, 1.54) is 0 Å². The van der Waals surface area contributed by atoms with Gasteiger partial charge in [-0.05, 0) is 18.4 Å². The Morgan fingerprint density at radius 1 is 1.32 bits per heavy atom. The molecule has 2 rings (SSSR count). The molecule has 0 aliphatic rings. The van der Waals surface area contributed by atoms with Crippen molar-refractivity contribution < 1.29 is 14.7 Å². The molecule has 0 radical (unpaired) electrons. The molecule has 0 spiro atoms. The molecule has 116 valence electrons. The molecule has 0 bridgehead atoms. The van der Waals surface area contributed by atoms with E-state index in [2.05, 4.69) is 10.3 Å². The SMILES string of the molecule is Cc1ccccc1-c1nc(NC(=O)CC(C)C)sc1C(=O)O. The lowest BCUT2D eigenvalue weighted by Crippen LogP contribution is -2.13. The van der Waals surface area contributed by atoms with Crippen LogP contribution >= 0.6 is 11.3 Å². The van der Waals surface area contributed by atoms with Crippen LogP contribution in [0.3, 0.4) is 0 Å². The number of hydrogen-bond donors (Lipinski definition) is 2. The van der Waals surface area contributed by atoms with Crippen LogP contribution in [0.5, 0.6) is 0 Å². The van der Waals surface area contributed by atoms with Gasteiger partial charge in [-0.25, -0.2) is 9.78 Å². The Balaban J connectivity index is 2.37. The molecule has 6 heteroatoms. The lowest BCUT2D eigenvalue weighted by atomic mass is 10.1. The number of rotatable bonds is 5. The molecule has 1 aromatic heterocycles. The first-order valence-electron chi connectivity index (χ1n) is 6.98. The number of amides is 1. The first-order valence-corrected chi connectivity index (χ1v) is 7.80. The zero-order valence-corrected chi connectivity index (χ0v) is 13.5. The van der Waals surface area contributed by atoms with Crippen molar-refractivity contribution in [3.63, 3.8) is 0 Å². The van der Waals surface area contributed by atoms with Crippen LogP contribution in [0.15, 0.2) is 24.3 Å². The first-order chi connectivity index (χ1) is 10.4. The van der Waals surface area contributed by atoms with E-state index in [9.17, 15) is 14.7 Å². The average Bonchev–Trinajstić information content (AvgIpc) is 2.82. The molecular weight excluding hydrogens is 300 g/mol. The predicted molar refractivity (Wildman–Crippen MR) is 87.3 cm³/mol. The summed E-state index contributed by atoms with van der Waals surface area (Å²) in [5.41, 5.74) is 2.10. The van der Waals surface area contributed by atoms with Crippen molar-refractivity contribution in [1.29, 1.82) is 0 Å². The Kier molecular flexibility index (Phi) is 4.92. The minimum Gasteiger partial charge on any atom is -0.477 e. The molecule has 0 aliphatic carbocycles. The highest BCUT2D eigenvalue weighted by Crippen LogP contribution is 2.33. The molecule has 0 saturated heterocycles. The van der Waals surface area contributed by atoms with E-state index in [1.807, 2.05) is 45.0 Å². The number of nitrogens with one attached hydrogen (secondary N) is 1. The number of thiazole rings is 1. The van der Waals surface area contributed by atoms with Crippen molar-refractivity contribution in [3.8, 4) is 11.3 Å².